The minimum Gasteiger partial charge on any atom is -0.508 e. The molecular weight excluding hydrogens is 464 g/mol. The van der Waals surface area contributed by atoms with Gasteiger partial charge >= 0.3 is 0 Å². The molecule has 0 radical (unpaired) electrons. The van der Waals surface area contributed by atoms with Crippen LogP contribution in [0.15, 0.2) is 48.5 Å². The summed E-state index contributed by atoms with van der Waals surface area (Å²) in [6.07, 6.45) is 10.1. The molecule has 202 valence electrons. The summed E-state index contributed by atoms with van der Waals surface area (Å²) in [5, 5.41) is 9.59. The van der Waals surface area contributed by atoms with Gasteiger partial charge in [-0.3, -0.25) is 9.59 Å². The van der Waals surface area contributed by atoms with Crippen molar-refractivity contribution < 1.29 is 19.4 Å². The van der Waals surface area contributed by atoms with Crippen LogP contribution in [-0.4, -0.2) is 59.6 Å². The van der Waals surface area contributed by atoms with E-state index in [-0.39, 0.29) is 23.6 Å². The van der Waals surface area contributed by atoms with Crippen molar-refractivity contribution in [2.24, 2.45) is 0 Å². The van der Waals surface area contributed by atoms with E-state index in [0.29, 0.717) is 31.7 Å². The number of benzene rings is 2. The number of rotatable bonds is 15. The molecule has 0 aromatic heterocycles. The van der Waals surface area contributed by atoms with Crippen LogP contribution in [0.3, 0.4) is 0 Å². The average molecular weight is 509 g/mol. The number of aromatic hydroxyl groups is 1. The number of hydrogen-bond acceptors (Lipinski definition) is 4. The first-order chi connectivity index (χ1) is 18.0. The number of phenols is 1. The van der Waals surface area contributed by atoms with Gasteiger partial charge in [-0.2, -0.15) is 0 Å². The van der Waals surface area contributed by atoms with Crippen LogP contribution in [0.2, 0.25) is 0 Å². The summed E-state index contributed by atoms with van der Waals surface area (Å²) in [5.74, 6) is 0.396. The van der Waals surface area contributed by atoms with Crippen molar-refractivity contribution in [2.75, 3.05) is 26.8 Å². The largest absolute Gasteiger partial charge is 0.508 e. The second kappa shape index (κ2) is 15.4. The molecule has 0 saturated carbocycles. The van der Waals surface area contributed by atoms with Gasteiger partial charge in [0.2, 0.25) is 5.91 Å². The summed E-state index contributed by atoms with van der Waals surface area (Å²) in [7, 11) is 1.91. The molecular formula is C31H44N2O4. The van der Waals surface area contributed by atoms with E-state index < -0.39 is 0 Å². The van der Waals surface area contributed by atoms with Crippen LogP contribution < -0.4 is 0 Å². The molecule has 2 aromatic carbocycles. The molecule has 1 aliphatic heterocycles. The molecule has 3 rings (SSSR count). The Hall–Kier alpha value is -2.86. The Morgan fingerprint density at radius 3 is 2.35 bits per heavy atom. The Balaban J connectivity index is 1.35. The highest BCUT2D eigenvalue weighted by Crippen LogP contribution is 2.26. The Labute approximate surface area is 222 Å². The SMILES string of the molecule is CCCCN(C)C(=O)CCCCCCCCOCC1Cc2ccccc2CN1C(=O)c1ccc(O)cc1. The van der Waals surface area contributed by atoms with Gasteiger partial charge < -0.3 is 19.6 Å². The van der Waals surface area contributed by atoms with Gasteiger partial charge in [0, 0.05) is 38.7 Å². The minimum atomic E-state index is -0.0295. The molecule has 0 saturated heterocycles. The van der Waals surface area contributed by atoms with E-state index in [1.807, 2.05) is 22.9 Å². The van der Waals surface area contributed by atoms with Crippen molar-refractivity contribution in [1.82, 2.24) is 9.80 Å². The molecule has 37 heavy (non-hydrogen) atoms. The topological polar surface area (TPSA) is 70.1 Å². The zero-order valence-corrected chi connectivity index (χ0v) is 22.7. The Bertz CT molecular complexity index is 975. The standard InChI is InChI=1S/C31H44N2O4/c1-3-4-20-32(2)30(35)15-9-7-5-6-8-12-21-37-24-28-22-26-13-10-11-14-27(26)23-33(28)31(36)25-16-18-29(34)19-17-25/h10-11,13-14,16-19,28,34H,3-9,12,15,20-24H2,1-2H3. The lowest BCUT2D eigenvalue weighted by Crippen LogP contribution is -2.46. The second-order valence-electron chi connectivity index (χ2n) is 10.2. The van der Waals surface area contributed by atoms with E-state index in [0.717, 1.165) is 64.3 Å². The fourth-order valence-corrected chi connectivity index (χ4v) is 4.86. The van der Waals surface area contributed by atoms with Crippen molar-refractivity contribution in [3.05, 3.63) is 65.2 Å². The molecule has 6 heteroatoms. The number of amides is 2. The fraction of sp³-hybridized carbons (Fsp3) is 0.548. The number of ether oxygens (including phenoxy) is 1. The Morgan fingerprint density at radius 1 is 0.946 bits per heavy atom. The van der Waals surface area contributed by atoms with Gasteiger partial charge in [0.25, 0.3) is 5.91 Å². The number of carbonyl (C=O) groups excluding carboxylic acids is 2. The first kappa shape index (κ1) is 28.7. The summed E-state index contributed by atoms with van der Waals surface area (Å²) in [4.78, 5) is 29.1. The first-order valence-electron chi connectivity index (χ1n) is 14.0. The van der Waals surface area contributed by atoms with Crippen molar-refractivity contribution in [2.45, 2.75) is 83.7 Å². The van der Waals surface area contributed by atoms with Crippen molar-refractivity contribution in [3.63, 3.8) is 0 Å². The lowest BCUT2D eigenvalue weighted by molar-refractivity contribution is -0.130. The van der Waals surface area contributed by atoms with E-state index in [9.17, 15) is 14.7 Å². The third kappa shape index (κ3) is 9.19. The van der Waals surface area contributed by atoms with Crippen molar-refractivity contribution in [3.8, 4) is 5.75 Å². The molecule has 1 N–H and O–H groups in total. The van der Waals surface area contributed by atoms with Crippen LogP contribution >= 0.6 is 0 Å². The molecule has 6 nitrogen and oxygen atoms in total. The summed E-state index contributed by atoms with van der Waals surface area (Å²) in [5.41, 5.74) is 3.04. The van der Waals surface area contributed by atoms with Gasteiger partial charge in [-0.1, -0.05) is 63.3 Å². The molecule has 0 aliphatic carbocycles. The predicted octanol–water partition coefficient (Wildman–Crippen LogP) is 5.97. The Kier molecular flexibility index (Phi) is 12.0. The number of phenolic OH excluding ortho intramolecular Hbond substituents is 1. The second-order valence-corrected chi connectivity index (χ2v) is 10.2. The van der Waals surface area contributed by atoms with Crippen LogP contribution in [0.5, 0.6) is 5.75 Å². The third-order valence-corrected chi connectivity index (χ3v) is 7.24. The number of nitrogens with zero attached hydrogens (tertiary/aromatic N) is 2. The molecule has 1 unspecified atom stereocenters. The Morgan fingerprint density at radius 2 is 1.62 bits per heavy atom. The van der Waals surface area contributed by atoms with E-state index in [4.69, 9.17) is 4.74 Å². The maximum absolute atomic E-state index is 13.3. The molecule has 1 aliphatic rings. The molecule has 0 spiro atoms. The van der Waals surface area contributed by atoms with Gasteiger partial charge in [0.1, 0.15) is 5.75 Å². The summed E-state index contributed by atoms with van der Waals surface area (Å²) in [6.45, 7) is 4.80. The van der Waals surface area contributed by atoms with Gasteiger partial charge in [0.05, 0.1) is 12.6 Å². The van der Waals surface area contributed by atoms with E-state index in [2.05, 4.69) is 25.1 Å². The molecule has 1 heterocycles. The van der Waals surface area contributed by atoms with E-state index in [1.54, 1.807) is 24.3 Å². The summed E-state index contributed by atoms with van der Waals surface area (Å²) in [6, 6.07) is 14.8. The van der Waals surface area contributed by atoms with Gasteiger partial charge in [0.15, 0.2) is 0 Å². The summed E-state index contributed by atoms with van der Waals surface area (Å²) < 4.78 is 6.06. The smallest absolute Gasteiger partial charge is 0.254 e. The van der Waals surface area contributed by atoms with E-state index >= 15 is 0 Å². The number of carbonyl (C=O) groups is 2. The maximum atomic E-state index is 13.3. The number of fused-ring (bicyclic) bond motifs is 1. The van der Waals surface area contributed by atoms with Crippen LogP contribution in [0.4, 0.5) is 0 Å². The van der Waals surface area contributed by atoms with E-state index in [1.165, 1.54) is 11.1 Å². The highest BCUT2D eigenvalue weighted by Gasteiger charge is 2.30. The fourth-order valence-electron chi connectivity index (χ4n) is 4.86. The van der Waals surface area contributed by atoms with Gasteiger partial charge in [-0.05, 0) is 61.1 Å². The monoisotopic (exact) mass is 508 g/mol. The van der Waals surface area contributed by atoms with Gasteiger partial charge in [-0.15, -0.1) is 0 Å². The number of hydrogen-bond donors (Lipinski definition) is 1. The van der Waals surface area contributed by atoms with Crippen LogP contribution in [0, 0.1) is 0 Å². The quantitative estimate of drug-likeness (QED) is 0.301. The normalized spacial score (nSPS) is 14.9. The molecule has 1 atom stereocenters. The first-order valence-corrected chi connectivity index (χ1v) is 14.0. The lowest BCUT2D eigenvalue weighted by atomic mass is 9.93. The molecule has 2 aromatic rings. The van der Waals surface area contributed by atoms with Gasteiger partial charge in [-0.25, -0.2) is 0 Å². The maximum Gasteiger partial charge on any atom is 0.254 e. The van der Waals surface area contributed by atoms with Crippen LogP contribution in [0.25, 0.3) is 0 Å². The van der Waals surface area contributed by atoms with Crippen LogP contribution in [0.1, 0.15) is 86.2 Å². The third-order valence-electron chi connectivity index (χ3n) is 7.24. The highest BCUT2D eigenvalue weighted by molar-refractivity contribution is 5.94. The molecule has 0 fully saturated rings. The minimum absolute atomic E-state index is 0.0100. The average Bonchev–Trinajstić information content (AvgIpc) is 2.92. The summed E-state index contributed by atoms with van der Waals surface area (Å²) >= 11 is 0. The van der Waals surface area contributed by atoms with Crippen molar-refractivity contribution >= 4 is 11.8 Å². The lowest BCUT2D eigenvalue weighted by Gasteiger charge is -2.37. The number of unbranched alkanes of at least 4 members (excludes halogenated alkanes) is 6. The van der Waals surface area contributed by atoms with Crippen molar-refractivity contribution in [1.29, 1.82) is 0 Å². The highest BCUT2D eigenvalue weighted by atomic mass is 16.5. The zero-order chi connectivity index (χ0) is 26.5. The van der Waals surface area contributed by atoms with Crippen LogP contribution in [-0.2, 0) is 22.5 Å². The predicted molar refractivity (Wildman–Crippen MR) is 148 cm³/mol. The molecule has 0 bridgehead atoms. The molecule has 2 amide bonds. The zero-order valence-electron chi connectivity index (χ0n) is 22.7.